The van der Waals surface area contributed by atoms with Crippen molar-refractivity contribution in [2.75, 3.05) is 12.8 Å². The Morgan fingerprint density at radius 2 is 1.74 bits per heavy atom. The van der Waals surface area contributed by atoms with Crippen LogP contribution in [-0.2, 0) is 9.84 Å². The van der Waals surface area contributed by atoms with E-state index < -0.39 is 9.84 Å². The molecule has 0 radical (unpaired) electrons. The van der Waals surface area contributed by atoms with Crippen LogP contribution in [0.4, 0.5) is 0 Å². The van der Waals surface area contributed by atoms with Gasteiger partial charge in [-0.15, -0.1) is 0 Å². The highest BCUT2D eigenvalue weighted by atomic mass is 32.2. The van der Waals surface area contributed by atoms with E-state index in [1.165, 1.54) is 0 Å². The van der Waals surface area contributed by atoms with Crippen molar-refractivity contribution < 1.29 is 8.42 Å². The number of sulfone groups is 1. The van der Waals surface area contributed by atoms with Crippen molar-refractivity contribution in [1.29, 1.82) is 0 Å². The third kappa shape index (κ3) is 4.32. The van der Waals surface area contributed by atoms with Crippen LogP contribution in [0.25, 0.3) is 0 Å². The Labute approximate surface area is 117 Å². The van der Waals surface area contributed by atoms with Gasteiger partial charge in [0.05, 0.1) is 11.0 Å². The maximum absolute atomic E-state index is 12.5. The molecule has 0 spiro atoms. The molecule has 3 nitrogen and oxygen atoms in total. The van der Waals surface area contributed by atoms with E-state index in [0.717, 1.165) is 5.56 Å². The first-order valence-corrected chi connectivity index (χ1v) is 8.57. The summed E-state index contributed by atoms with van der Waals surface area (Å²) in [6.07, 6.45) is 0.620. The highest BCUT2D eigenvalue weighted by Gasteiger charge is 2.32. The summed E-state index contributed by atoms with van der Waals surface area (Å²) >= 11 is 0. The van der Waals surface area contributed by atoms with Crippen LogP contribution in [0.3, 0.4) is 0 Å². The summed E-state index contributed by atoms with van der Waals surface area (Å²) in [5.41, 5.74) is 1.03. The van der Waals surface area contributed by atoms with E-state index >= 15 is 0 Å². The third-order valence-electron chi connectivity index (χ3n) is 3.27. The maximum Gasteiger partial charge on any atom is 0.155 e. The molecule has 1 aromatic carbocycles. The van der Waals surface area contributed by atoms with Gasteiger partial charge in [-0.05, 0) is 24.9 Å². The van der Waals surface area contributed by atoms with Crippen LogP contribution in [0.15, 0.2) is 30.3 Å². The molecule has 1 N–H and O–H groups in total. The van der Waals surface area contributed by atoms with Crippen molar-refractivity contribution in [3.8, 4) is 0 Å². The molecule has 0 aliphatic carbocycles. The fourth-order valence-electron chi connectivity index (χ4n) is 2.51. The molecule has 0 aliphatic heterocycles. The number of hydrogen-bond acceptors (Lipinski definition) is 3. The molecular formula is C15H25NO2S. The first-order chi connectivity index (χ1) is 8.92. The third-order valence-corrected chi connectivity index (χ3v) is 5.93. The van der Waals surface area contributed by atoms with E-state index in [2.05, 4.69) is 5.32 Å². The first kappa shape index (κ1) is 16.2. The average Bonchev–Trinajstić information content (AvgIpc) is 2.34. The van der Waals surface area contributed by atoms with Gasteiger partial charge in [-0.2, -0.15) is 0 Å². The number of nitrogens with one attached hydrogen (secondary N) is 1. The van der Waals surface area contributed by atoms with Crippen LogP contribution in [-0.4, -0.2) is 26.5 Å². The molecule has 2 atom stereocenters. The summed E-state index contributed by atoms with van der Waals surface area (Å²) in [6, 6.07) is 9.65. The van der Waals surface area contributed by atoms with Crippen LogP contribution in [0.1, 0.15) is 38.8 Å². The molecule has 19 heavy (non-hydrogen) atoms. The van der Waals surface area contributed by atoms with Gasteiger partial charge in [0.2, 0.25) is 0 Å². The van der Waals surface area contributed by atoms with Gasteiger partial charge in [-0.25, -0.2) is 8.42 Å². The van der Waals surface area contributed by atoms with Crippen molar-refractivity contribution in [2.24, 2.45) is 5.92 Å². The molecule has 0 aromatic heterocycles. The Morgan fingerprint density at radius 1 is 1.16 bits per heavy atom. The summed E-state index contributed by atoms with van der Waals surface area (Å²) in [5.74, 6) is 0.406. The lowest BCUT2D eigenvalue weighted by atomic mass is 10.0. The number of rotatable bonds is 7. The van der Waals surface area contributed by atoms with E-state index in [4.69, 9.17) is 0 Å². The Kier molecular flexibility index (Phi) is 6.01. The summed E-state index contributed by atoms with van der Waals surface area (Å²) in [4.78, 5) is 0. The van der Waals surface area contributed by atoms with Gasteiger partial charge in [0.25, 0.3) is 0 Å². The van der Waals surface area contributed by atoms with Crippen molar-refractivity contribution in [1.82, 2.24) is 5.32 Å². The topological polar surface area (TPSA) is 46.2 Å². The molecule has 0 bridgehead atoms. The molecular weight excluding hydrogens is 258 g/mol. The highest BCUT2D eigenvalue weighted by molar-refractivity contribution is 7.92. The van der Waals surface area contributed by atoms with Gasteiger partial charge in [-0.3, -0.25) is 0 Å². The SMILES string of the molecule is CCC(C(NC)c1ccccc1)S(=O)(=O)CC(C)C. The van der Waals surface area contributed by atoms with E-state index in [1.54, 1.807) is 0 Å². The van der Waals surface area contributed by atoms with Gasteiger partial charge < -0.3 is 5.32 Å². The Balaban J connectivity index is 3.07. The van der Waals surface area contributed by atoms with E-state index in [1.807, 2.05) is 58.2 Å². The quantitative estimate of drug-likeness (QED) is 0.837. The lowest BCUT2D eigenvalue weighted by Crippen LogP contribution is -2.37. The molecule has 1 rings (SSSR count). The molecule has 4 heteroatoms. The lowest BCUT2D eigenvalue weighted by Gasteiger charge is -2.27. The zero-order valence-corrected chi connectivity index (χ0v) is 13.1. The van der Waals surface area contributed by atoms with Crippen LogP contribution in [0.2, 0.25) is 0 Å². The Morgan fingerprint density at radius 3 is 2.16 bits per heavy atom. The molecule has 0 aliphatic rings. The van der Waals surface area contributed by atoms with Crippen molar-refractivity contribution in [3.05, 3.63) is 35.9 Å². The second-order valence-corrected chi connectivity index (χ2v) is 7.61. The Bertz CT molecular complexity index is 468. The maximum atomic E-state index is 12.5. The molecule has 0 amide bonds. The van der Waals surface area contributed by atoms with Gasteiger partial charge >= 0.3 is 0 Å². The molecule has 2 unspecified atom stereocenters. The predicted molar refractivity (Wildman–Crippen MR) is 80.9 cm³/mol. The van der Waals surface area contributed by atoms with Gasteiger partial charge in [-0.1, -0.05) is 51.1 Å². The summed E-state index contributed by atoms with van der Waals surface area (Å²) in [6.45, 7) is 5.83. The summed E-state index contributed by atoms with van der Waals surface area (Å²) < 4.78 is 25.0. The number of benzene rings is 1. The smallest absolute Gasteiger partial charge is 0.155 e. The van der Waals surface area contributed by atoms with Gasteiger partial charge in [0.1, 0.15) is 0 Å². The molecule has 0 fully saturated rings. The lowest BCUT2D eigenvalue weighted by molar-refractivity contribution is 0.501. The normalized spacial score (nSPS) is 15.4. The van der Waals surface area contributed by atoms with E-state index in [9.17, 15) is 8.42 Å². The second-order valence-electron chi connectivity index (χ2n) is 5.35. The molecule has 0 saturated carbocycles. The van der Waals surface area contributed by atoms with Crippen molar-refractivity contribution >= 4 is 9.84 Å². The molecule has 0 saturated heterocycles. The summed E-state index contributed by atoms with van der Waals surface area (Å²) in [5, 5.41) is 2.80. The fraction of sp³-hybridized carbons (Fsp3) is 0.600. The van der Waals surface area contributed by atoms with E-state index in [-0.39, 0.29) is 23.0 Å². The zero-order valence-electron chi connectivity index (χ0n) is 12.3. The second kappa shape index (κ2) is 7.06. The summed E-state index contributed by atoms with van der Waals surface area (Å²) in [7, 11) is -1.27. The molecule has 1 aromatic rings. The fourth-order valence-corrected chi connectivity index (χ4v) is 4.90. The minimum absolute atomic E-state index is 0.144. The van der Waals surface area contributed by atoms with Crippen LogP contribution in [0.5, 0.6) is 0 Å². The van der Waals surface area contributed by atoms with Crippen molar-refractivity contribution in [3.63, 3.8) is 0 Å². The van der Waals surface area contributed by atoms with Gasteiger partial charge in [0.15, 0.2) is 9.84 Å². The molecule has 108 valence electrons. The predicted octanol–water partition coefficient (Wildman–Crippen LogP) is 2.80. The van der Waals surface area contributed by atoms with Crippen LogP contribution < -0.4 is 5.32 Å². The first-order valence-electron chi connectivity index (χ1n) is 6.86. The van der Waals surface area contributed by atoms with Crippen molar-refractivity contribution in [2.45, 2.75) is 38.5 Å². The Hall–Kier alpha value is -0.870. The monoisotopic (exact) mass is 283 g/mol. The van der Waals surface area contributed by atoms with Crippen LogP contribution in [0, 0.1) is 5.92 Å². The standard InChI is InChI=1S/C15H25NO2S/c1-5-14(19(17,18)11-12(2)3)15(16-4)13-9-7-6-8-10-13/h6-10,12,14-16H,5,11H2,1-4H3. The highest BCUT2D eigenvalue weighted by Crippen LogP contribution is 2.26. The minimum Gasteiger partial charge on any atom is -0.312 e. The largest absolute Gasteiger partial charge is 0.312 e. The average molecular weight is 283 g/mol. The molecule has 0 heterocycles. The van der Waals surface area contributed by atoms with E-state index in [0.29, 0.717) is 6.42 Å². The zero-order chi connectivity index (χ0) is 14.5. The van der Waals surface area contributed by atoms with Crippen LogP contribution >= 0.6 is 0 Å². The number of hydrogen-bond donors (Lipinski definition) is 1. The minimum atomic E-state index is -3.09. The van der Waals surface area contributed by atoms with Gasteiger partial charge in [0, 0.05) is 6.04 Å².